The number of hydrogen-bond acceptors (Lipinski definition) is 3. The second-order valence-electron chi connectivity index (χ2n) is 9.27. The van der Waals surface area contributed by atoms with Crippen molar-refractivity contribution in [1.82, 2.24) is 5.32 Å². The molecule has 1 fully saturated rings. The van der Waals surface area contributed by atoms with Crippen molar-refractivity contribution in [3.8, 4) is 0 Å². The van der Waals surface area contributed by atoms with Crippen molar-refractivity contribution < 1.29 is 9.59 Å². The molecule has 2 atom stereocenters. The lowest BCUT2D eigenvalue weighted by molar-refractivity contribution is 0.0930. The van der Waals surface area contributed by atoms with Gasteiger partial charge in [0.1, 0.15) is 4.33 Å². The highest BCUT2D eigenvalue weighted by Gasteiger charge is 2.68. The number of thioether (sulfide) groups is 1. The van der Waals surface area contributed by atoms with Gasteiger partial charge in [0.25, 0.3) is 11.8 Å². The van der Waals surface area contributed by atoms with E-state index in [2.05, 4.69) is 33.2 Å². The van der Waals surface area contributed by atoms with Gasteiger partial charge in [0.2, 0.25) is 0 Å². The Morgan fingerprint density at radius 1 is 1.05 bits per heavy atom. The molecule has 0 aromatic heterocycles. The molecule has 9 heteroatoms. The lowest BCUT2D eigenvalue weighted by Gasteiger charge is -2.21. The highest BCUT2D eigenvalue weighted by atomic mass is 127. The summed E-state index contributed by atoms with van der Waals surface area (Å²) in [6.45, 7) is 3.87. The molecule has 1 aliphatic rings. The average Bonchev–Trinajstić information content (AvgIpc) is 3.43. The topological polar surface area (TPSA) is 58.2 Å². The standard InChI is InChI=1S/C28H26Cl3IN2O2S/c1-16-13-19(27(15-28(27,30)31)18-7-10-20(29)11-8-18)9-12-23(16)34-25(35)21-5-4-6-22(32)24(21)26(36)33-17(2)14-37-3/h4-13,17H,14-15H2,1-3H3,(H,33,36)(H,34,35). The van der Waals surface area contributed by atoms with Crippen LogP contribution in [0.25, 0.3) is 0 Å². The summed E-state index contributed by atoms with van der Waals surface area (Å²) in [7, 11) is 0. The second kappa shape index (κ2) is 11.3. The molecule has 2 N–H and O–H groups in total. The van der Waals surface area contributed by atoms with Crippen LogP contribution in [0, 0.1) is 10.5 Å². The first kappa shape index (κ1) is 28.6. The zero-order valence-corrected chi connectivity index (χ0v) is 25.7. The Hall–Kier alpha value is -1.45. The Balaban J connectivity index is 1.60. The van der Waals surface area contributed by atoms with E-state index < -0.39 is 9.75 Å². The fourth-order valence-electron chi connectivity index (χ4n) is 4.61. The summed E-state index contributed by atoms with van der Waals surface area (Å²) in [4.78, 5) is 26.4. The maximum Gasteiger partial charge on any atom is 0.256 e. The van der Waals surface area contributed by atoms with Gasteiger partial charge >= 0.3 is 0 Å². The molecule has 2 amide bonds. The van der Waals surface area contributed by atoms with E-state index in [-0.39, 0.29) is 17.9 Å². The molecule has 4 nitrogen and oxygen atoms in total. The first-order valence-corrected chi connectivity index (χ1v) is 15.3. The van der Waals surface area contributed by atoms with Crippen molar-refractivity contribution in [2.45, 2.75) is 36.1 Å². The molecule has 0 heterocycles. The summed E-state index contributed by atoms with van der Waals surface area (Å²) >= 11 is 23.2. The first-order chi connectivity index (χ1) is 17.5. The Labute approximate surface area is 250 Å². The first-order valence-electron chi connectivity index (χ1n) is 11.6. The lowest BCUT2D eigenvalue weighted by atomic mass is 9.87. The zero-order valence-electron chi connectivity index (χ0n) is 20.5. The van der Waals surface area contributed by atoms with Gasteiger partial charge in [-0.25, -0.2) is 0 Å². The minimum Gasteiger partial charge on any atom is -0.349 e. The predicted molar refractivity (Wildman–Crippen MR) is 165 cm³/mol. The van der Waals surface area contributed by atoms with Gasteiger partial charge in [-0.1, -0.05) is 41.9 Å². The van der Waals surface area contributed by atoms with Crippen LogP contribution in [0.4, 0.5) is 5.69 Å². The van der Waals surface area contributed by atoms with E-state index in [1.165, 1.54) is 0 Å². The number of rotatable bonds is 8. The fraction of sp³-hybridized carbons (Fsp3) is 0.286. The van der Waals surface area contributed by atoms with Crippen LogP contribution in [0.2, 0.25) is 5.02 Å². The van der Waals surface area contributed by atoms with Crippen LogP contribution in [-0.2, 0) is 5.41 Å². The van der Waals surface area contributed by atoms with Gasteiger partial charge in [0, 0.05) is 26.1 Å². The highest BCUT2D eigenvalue weighted by molar-refractivity contribution is 14.1. The summed E-state index contributed by atoms with van der Waals surface area (Å²) in [5, 5.41) is 6.62. The highest BCUT2D eigenvalue weighted by Crippen LogP contribution is 2.68. The maximum atomic E-state index is 13.4. The van der Waals surface area contributed by atoms with E-state index in [4.69, 9.17) is 34.8 Å². The van der Waals surface area contributed by atoms with Crippen LogP contribution in [0.15, 0.2) is 60.7 Å². The number of carbonyl (C=O) groups is 2. The Bertz CT molecular complexity index is 1350. The minimum atomic E-state index is -0.936. The minimum absolute atomic E-state index is 0.0180. The van der Waals surface area contributed by atoms with Crippen molar-refractivity contribution >= 4 is 86.7 Å². The third-order valence-electron chi connectivity index (χ3n) is 6.57. The van der Waals surface area contributed by atoms with E-state index in [1.54, 1.807) is 23.9 Å². The van der Waals surface area contributed by atoms with Crippen LogP contribution in [-0.4, -0.2) is 34.2 Å². The summed E-state index contributed by atoms with van der Waals surface area (Å²) in [6.07, 6.45) is 2.56. The number of hydrogen-bond donors (Lipinski definition) is 2. The molecule has 4 rings (SSSR count). The molecule has 2 unspecified atom stereocenters. The number of carbonyl (C=O) groups excluding carboxylic acids is 2. The van der Waals surface area contributed by atoms with E-state index in [0.29, 0.717) is 31.8 Å². The number of amides is 2. The molecule has 194 valence electrons. The molecule has 0 radical (unpaired) electrons. The fourth-order valence-corrected chi connectivity index (χ4v) is 6.90. The summed E-state index contributed by atoms with van der Waals surface area (Å²) in [6, 6.07) is 18.6. The van der Waals surface area contributed by atoms with Crippen molar-refractivity contribution in [2.75, 3.05) is 17.3 Å². The smallest absolute Gasteiger partial charge is 0.256 e. The van der Waals surface area contributed by atoms with Gasteiger partial charge in [0.05, 0.1) is 16.5 Å². The number of benzene rings is 3. The van der Waals surface area contributed by atoms with Crippen LogP contribution < -0.4 is 10.6 Å². The van der Waals surface area contributed by atoms with Gasteiger partial charge in [-0.3, -0.25) is 9.59 Å². The number of halogens is 4. The van der Waals surface area contributed by atoms with Crippen LogP contribution >= 0.6 is 69.2 Å². The van der Waals surface area contributed by atoms with E-state index in [1.807, 2.05) is 68.6 Å². The van der Waals surface area contributed by atoms with Gasteiger partial charge in [-0.05, 0) is 96.1 Å². The average molecular weight is 688 g/mol. The van der Waals surface area contributed by atoms with Crippen molar-refractivity contribution in [2.24, 2.45) is 0 Å². The number of nitrogens with one attached hydrogen (secondary N) is 2. The number of anilines is 1. The van der Waals surface area contributed by atoms with Crippen LogP contribution in [0.5, 0.6) is 0 Å². The summed E-state index contributed by atoms with van der Waals surface area (Å²) in [5.41, 5.74) is 3.61. The monoisotopic (exact) mass is 686 g/mol. The molecule has 3 aromatic carbocycles. The summed E-state index contributed by atoms with van der Waals surface area (Å²) in [5.74, 6) is 0.175. The molecular weight excluding hydrogens is 662 g/mol. The summed E-state index contributed by atoms with van der Waals surface area (Å²) < 4.78 is -0.223. The third kappa shape index (κ3) is 5.78. The number of aryl methyl sites for hydroxylation is 1. The normalized spacial score (nSPS) is 18.7. The quantitative estimate of drug-likeness (QED) is 0.187. The van der Waals surface area contributed by atoms with Gasteiger partial charge in [0.15, 0.2) is 0 Å². The molecule has 0 spiro atoms. The predicted octanol–water partition coefficient (Wildman–Crippen LogP) is 7.85. The van der Waals surface area contributed by atoms with Crippen LogP contribution in [0.3, 0.4) is 0 Å². The van der Waals surface area contributed by atoms with E-state index >= 15 is 0 Å². The van der Waals surface area contributed by atoms with Gasteiger partial charge in [-0.2, -0.15) is 11.8 Å². The molecular formula is C28H26Cl3IN2O2S. The molecule has 1 aliphatic carbocycles. The van der Waals surface area contributed by atoms with Crippen LogP contribution in [0.1, 0.15) is 50.8 Å². The van der Waals surface area contributed by atoms with Gasteiger partial charge in [-0.15, -0.1) is 23.2 Å². The Kier molecular flexibility index (Phi) is 8.76. The van der Waals surface area contributed by atoms with E-state index in [9.17, 15) is 9.59 Å². The second-order valence-corrected chi connectivity index (χ2v) is 13.3. The largest absolute Gasteiger partial charge is 0.349 e. The van der Waals surface area contributed by atoms with Crippen molar-refractivity contribution in [3.05, 3.63) is 97.1 Å². The van der Waals surface area contributed by atoms with E-state index in [0.717, 1.165) is 22.4 Å². The zero-order chi connectivity index (χ0) is 27.0. The maximum absolute atomic E-state index is 13.4. The van der Waals surface area contributed by atoms with Gasteiger partial charge < -0.3 is 10.6 Å². The lowest BCUT2D eigenvalue weighted by Crippen LogP contribution is -2.36. The number of alkyl halides is 2. The molecule has 3 aromatic rings. The molecule has 1 saturated carbocycles. The molecule has 0 bridgehead atoms. The SMILES string of the molecule is CSCC(C)NC(=O)c1c(I)cccc1C(=O)Nc1ccc(C2(c3ccc(Cl)cc3)CC2(Cl)Cl)cc1C. The molecule has 0 saturated heterocycles. The Morgan fingerprint density at radius 3 is 2.30 bits per heavy atom. The third-order valence-corrected chi connectivity index (χ3v) is 9.47. The van der Waals surface area contributed by atoms with Crippen molar-refractivity contribution in [3.63, 3.8) is 0 Å². The molecule has 0 aliphatic heterocycles. The Morgan fingerprint density at radius 2 is 1.70 bits per heavy atom. The molecule has 37 heavy (non-hydrogen) atoms. The van der Waals surface area contributed by atoms with Crippen molar-refractivity contribution in [1.29, 1.82) is 0 Å².